The summed E-state index contributed by atoms with van der Waals surface area (Å²) in [5.41, 5.74) is 3.50. The van der Waals surface area contributed by atoms with Crippen LogP contribution < -0.4 is 14.4 Å². The van der Waals surface area contributed by atoms with Crippen LogP contribution >= 0.6 is 0 Å². The van der Waals surface area contributed by atoms with Crippen LogP contribution in [0.4, 0.5) is 5.82 Å². The fraction of sp³-hybridized carbons (Fsp3) is 0.333. The molecular formula is C24H28N4O4S. The Kier molecular flexibility index (Phi) is 6.53. The van der Waals surface area contributed by atoms with Gasteiger partial charge in [-0.25, -0.2) is 8.42 Å². The maximum Gasteiger partial charge on any atom is 0.246 e. The predicted octanol–water partition coefficient (Wildman–Crippen LogP) is 3.29. The van der Waals surface area contributed by atoms with Gasteiger partial charge in [0.25, 0.3) is 0 Å². The molecular weight excluding hydrogens is 440 g/mol. The van der Waals surface area contributed by atoms with Crippen LogP contribution in [-0.4, -0.2) is 63.3 Å². The molecule has 1 aromatic heterocycles. The van der Waals surface area contributed by atoms with E-state index in [1.54, 1.807) is 19.2 Å². The van der Waals surface area contributed by atoms with Crippen molar-refractivity contribution >= 4 is 15.8 Å². The van der Waals surface area contributed by atoms with E-state index in [1.165, 1.54) is 11.4 Å². The third-order valence-electron chi connectivity index (χ3n) is 5.99. The lowest BCUT2D eigenvalue weighted by Crippen LogP contribution is -2.49. The Morgan fingerprint density at radius 2 is 1.48 bits per heavy atom. The van der Waals surface area contributed by atoms with Crippen LogP contribution in [0.15, 0.2) is 53.4 Å². The molecule has 2 aromatic carbocycles. The number of para-hydroxylation sites is 1. The second-order valence-electron chi connectivity index (χ2n) is 7.96. The fourth-order valence-electron chi connectivity index (χ4n) is 3.91. The molecule has 33 heavy (non-hydrogen) atoms. The largest absolute Gasteiger partial charge is 0.496 e. The molecule has 0 aliphatic carbocycles. The first-order valence-electron chi connectivity index (χ1n) is 10.7. The third kappa shape index (κ3) is 4.51. The maximum absolute atomic E-state index is 13.3. The zero-order valence-corrected chi connectivity index (χ0v) is 20.1. The van der Waals surface area contributed by atoms with Crippen LogP contribution in [0.2, 0.25) is 0 Å². The minimum absolute atomic E-state index is 0.211. The molecule has 0 saturated carbocycles. The van der Waals surface area contributed by atoms with E-state index < -0.39 is 10.0 Å². The standard InChI is InChI=1S/C24H28N4O4S/c1-17-15-22(32-4)23(16-18(17)2)33(29,30)28-13-11-27(12-14-28)24-10-9-20(25-26-24)19-7-5-6-8-21(19)31-3/h5-10,15-16H,11-14H2,1-4H3. The van der Waals surface area contributed by atoms with E-state index in [2.05, 4.69) is 10.2 Å². The van der Waals surface area contributed by atoms with E-state index in [-0.39, 0.29) is 4.90 Å². The molecule has 3 aromatic rings. The number of ether oxygens (including phenoxy) is 2. The Hall–Kier alpha value is -3.17. The lowest BCUT2D eigenvalue weighted by Gasteiger charge is -2.34. The monoisotopic (exact) mass is 468 g/mol. The normalized spacial score (nSPS) is 14.8. The van der Waals surface area contributed by atoms with Gasteiger partial charge in [0.05, 0.1) is 19.9 Å². The molecule has 0 amide bonds. The number of nitrogens with zero attached hydrogens (tertiary/aromatic N) is 4. The fourth-order valence-corrected chi connectivity index (χ4v) is 5.56. The van der Waals surface area contributed by atoms with E-state index in [0.29, 0.717) is 31.9 Å². The summed E-state index contributed by atoms with van der Waals surface area (Å²) in [6.45, 7) is 5.60. The summed E-state index contributed by atoms with van der Waals surface area (Å²) < 4.78 is 38.9. The van der Waals surface area contributed by atoms with Gasteiger partial charge in [0.15, 0.2) is 5.82 Å². The number of hydrogen-bond donors (Lipinski definition) is 0. The molecule has 174 valence electrons. The molecule has 0 unspecified atom stereocenters. The number of aryl methyl sites for hydroxylation is 2. The molecule has 0 atom stereocenters. The number of anilines is 1. The first-order valence-corrected chi connectivity index (χ1v) is 12.2. The number of hydrogen-bond acceptors (Lipinski definition) is 7. The van der Waals surface area contributed by atoms with Crippen molar-refractivity contribution in [1.82, 2.24) is 14.5 Å². The second kappa shape index (κ2) is 9.36. The summed E-state index contributed by atoms with van der Waals surface area (Å²) >= 11 is 0. The van der Waals surface area contributed by atoms with Crippen molar-refractivity contribution in [2.45, 2.75) is 18.7 Å². The van der Waals surface area contributed by atoms with Crippen molar-refractivity contribution in [3.05, 3.63) is 59.7 Å². The van der Waals surface area contributed by atoms with Gasteiger partial charge in [0.2, 0.25) is 10.0 Å². The highest BCUT2D eigenvalue weighted by Gasteiger charge is 2.31. The van der Waals surface area contributed by atoms with E-state index in [1.807, 2.05) is 55.1 Å². The molecule has 2 heterocycles. The van der Waals surface area contributed by atoms with Gasteiger partial charge in [-0.3, -0.25) is 0 Å². The van der Waals surface area contributed by atoms with Crippen LogP contribution in [0.1, 0.15) is 11.1 Å². The van der Waals surface area contributed by atoms with E-state index >= 15 is 0 Å². The summed E-state index contributed by atoms with van der Waals surface area (Å²) in [4.78, 5) is 2.25. The van der Waals surface area contributed by atoms with Crippen LogP contribution in [0, 0.1) is 13.8 Å². The van der Waals surface area contributed by atoms with Crippen LogP contribution in [0.5, 0.6) is 11.5 Å². The molecule has 8 nitrogen and oxygen atoms in total. The van der Waals surface area contributed by atoms with Crippen molar-refractivity contribution in [2.24, 2.45) is 0 Å². The van der Waals surface area contributed by atoms with Gasteiger partial charge in [0.1, 0.15) is 16.4 Å². The third-order valence-corrected chi connectivity index (χ3v) is 7.91. The van der Waals surface area contributed by atoms with Crippen molar-refractivity contribution in [2.75, 3.05) is 45.3 Å². The quantitative estimate of drug-likeness (QED) is 0.549. The summed E-state index contributed by atoms with van der Waals surface area (Å²) in [5.74, 6) is 1.83. The second-order valence-corrected chi connectivity index (χ2v) is 9.86. The van der Waals surface area contributed by atoms with Crippen LogP contribution in [0.25, 0.3) is 11.3 Å². The van der Waals surface area contributed by atoms with Crippen molar-refractivity contribution < 1.29 is 17.9 Å². The topological polar surface area (TPSA) is 84.9 Å². The molecule has 1 aliphatic heterocycles. The van der Waals surface area contributed by atoms with Crippen molar-refractivity contribution in [3.8, 4) is 22.8 Å². The van der Waals surface area contributed by atoms with Crippen LogP contribution in [-0.2, 0) is 10.0 Å². The number of rotatable bonds is 6. The smallest absolute Gasteiger partial charge is 0.246 e. The number of sulfonamides is 1. The Balaban J connectivity index is 1.49. The van der Waals surface area contributed by atoms with Crippen LogP contribution in [0.3, 0.4) is 0 Å². The van der Waals surface area contributed by atoms with Gasteiger partial charge >= 0.3 is 0 Å². The van der Waals surface area contributed by atoms with Crippen molar-refractivity contribution in [3.63, 3.8) is 0 Å². The Labute approximate surface area is 194 Å². The number of aromatic nitrogens is 2. The average Bonchev–Trinajstić information content (AvgIpc) is 2.85. The van der Waals surface area contributed by atoms with E-state index in [4.69, 9.17) is 9.47 Å². The molecule has 0 spiro atoms. The van der Waals surface area contributed by atoms with E-state index in [9.17, 15) is 8.42 Å². The number of piperazine rings is 1. The zero-order valence-electron chi connectivity index (χ0n) is 19.3. The molecule has 0 N–H and O–H groups in total. The van der Waals surface area contributed by atoms with Gasteiger partial charge in [0, 0.05) is 31.7 Å². The minimum atomic E-state index is -3.67. The number of benzene rings is 2. The first kappa shape index (κ1) is 23.0. The summed E-state index contributed by atoms with van der Waals surface area (Å²) in [5, 5.41) is 8.75. The molecule has 4 rings (SSSR count). The van der Waals surface area contributed by atoms with Gasteiger partial charge < -0.3 is 14.4 Å². The van der Waals surface area contributed by atoms with Gasteiger partial charge in [-0.15, -0.1) is 10.2 Å². The highest BCUT2D eigenvalue weighted by Crippen LogP contribution is 2.31. The maximum atomic E-state index is 13.3. The minimum Gasteiger partial charge on any atom is -0.496 e. The summed E-state index contributed by atoms with van der Waals surface area (Å²) in [7, 11) is -0.547. The molecule has 9 heteroatoms. The van der Waals surface area contributed by atoms with Gasteiger partial charge in [-0.1, -0.05) is 12.1 Å². The van der Waals surface area contributed by atoms with Gasteiger partial charge in [-0.05, 0) is 61.4 Å². The Morgan fingerprint density at radius 1 is 0.818 bits per heavy atom. The van der Waals surface area contributed by atoms with E-state index in [0.717, 1.165) is 34.0 Å². The lowest BCUT2D eigenvalue weighted by molar-refractivity contribution is 0.373. The Morgan fingerprint density at radius 3 is 2.12 bits per heavy atom. The highest BCUT2D eigenvalue weighted by molar-refractivity contribution is 7.89. The number of methoxy groups -OCH3 is 2. The Bertz CT molecular complexity index is 1240. The predicted molar refractivity (Wildman–Crippen MR) is 127 cm³/mol. The molecule has 1 aliphatic rings. The first-order chi connectivity index (χ1) is 15.8. The zero-order chi connectivity index (χ0) is 23.6. The molecule has 1 fully saturated rings. The van der Waals surface area contributed by atoms with Gasteiger partial charge in [-0.2, -0.15) is 4.31 Å². The molecule has 0 bridgehead atoms. The van der Waals surface area contributed by atoms with Crippen molar-refractivity contribution in [1.29, 1.82) is 0 Å². The SMILES string of the molecule is COc1ccccc1-c1ccc(N2CCN(S(=O)(=O)c3cc(C)c(C)cc3OC)CC2)nn1. The highest BCUT2D eigenvalue weighted by atomic mass is 32.2. The lowest BCUT2D eigenvalue weighted by atomic mass is 10.1. The molecule has 0 radical (unpaired) electrons. The summed E-state index contributed by atoms with van der Waals surface area (Å²) in [6, 6.07) is 14.9. The molecule has 1 saturated heterocycles. The summed E-state index contributed by atoms with van der Waals surface area (Å²) in [6.07, 6.45) is 0. The average molecular weight is 469 g/mol.